The summed E-state index contributed by atoms with van der Waals surface area (Å²) in [4.78, 5) is 5.24. The quantitative estimate of drug-likeness (QED) is 0.214. The van der Waals surface area contributed by atoms with Crippen molar-refractivity contribution in [1.29, 1.82) is 5.26 Å². The first-order chi connectivity index (χ1) is 21.5. The van der Waals surface area contributed by atoms with E-state index in [4.69, 9.17) is 4.98 Å². The number of nitriles is 1. The fourth-order valence-corrected chi connectivity index (χ4v) is 7.08. The number of hydrogen-bond donors (Lipinski definition) is 0. The van der Waals surface area contributed by atoms with Gasteiger partial charge in [0.25, 0.3) is 0 Å². The number of pyridine rings is 1. The highest BCUT2D eigenvalue weighted by Crippen LogP contribution is 2.40. The Morgan fingerprint density at radius 3 is 1.41 bits per heavy atom. The van der Waals surface area contributed by atoms with Crippen LogP contribution in [0, 0.1) is 39.0 Å². The van der Waals surface area contributed by atoms with E-state index in [9.17, 15) is 5.26 Å². The van der Waals surface area contributed by atoms with E-state index in [1.165, 1.54) is 65.9 Å². The Morgan fingerprint density at radius 2 is 0.977 bits per heavy atom. The Labute approximate surface area is 256 Å². The van der Waals surface area contributed by atoms with Crippen molar-refractivity contribution in [1.82, 2.24) is 14.1 Å². The first-order valence-corrected chi connectivity index (χ1v) is 15.0. The Kier molecular flexibility index (Phi) is 5.73. The van der Waals surface area contributed by atoms with E-state index in [0.717, 1.165) is 22.6 Å². The van der Waals surface area contributed by atoms with Crippen LogP contribution in [0.1, 0.15) is 27.8 Å². The van der Waals surface area contributed by atoms with E-state index in [1.807, 2.05) is 18.3 Å². The molecule has 0 saturated heterocycles. The highest BCUT2D eigenvalue weighted by Gasteiger charge is 2.22. The second kappa shape index (κ2) is 9.69. The number of rotatable bonds is 3. The fraction of sp³-hybridized carbons (Fsp3) is 0.100. The van der Waals surface area contributed by atoms with Gasteiger partial charge in [-0.25, -0.2) is 4.98 Å². The third-order valence-corrected chi connectivity index (χ3v) is 9.09. The fourth-order valence-electron chi connectivity index (χ4n) is 7.08. The predicted octanol–water partition coefficient (Wildman–Crippen LogP) is 10.0. The second-order valence-corrected chi connectivity index (χ2v) is 11.8. The zero-order valence-corrected chi connectivity index (χ0v) is 25.2. The highest BCUT2D eigenvalue weighted by molar-refractivity contribution is 6.12. The molecule has 0 amide bonds. The molecule has 3 aromatic heterocycles. The smallest absolute Gasteiger partial charge is 0.138 e. The standard InChI is InChI=1S/C40H30N4/c1-24-9-5-13-30-31-14-6-10-25(2)38(31)43(37(24)30)35-23-42-36(21-34(35)29-19-17-28(22-41)18-20-29)44-39-26(3)11-7-15-32(39)33-16-8-12-27(4)40(33)44/h5-21,23H,1-4H3. The minimum absolute atomic E-state index is 0.641. The molecular weight excluding hydrogens is 536 g/mol. The van der Waals surface area contributed by atoms with Gasteiger partial charge in [0.1, 0.15) is 5.82 Å². The number of nitrogens with zero attached hydrogens (tertiary/aromatic N) is 4. The van der Waals surface area contributed by atoms with Gasteiger partial charge in [0, 0.05) is 27.1 Å². The molecule has 8 aromatic rings. The van der Waals surface area contributed by atoms with Gasteiger partial charge in [-0.3, -0.25) is 4.57 Å². The van der Waals surface area contributed by atoms with Gasteiger partial charge in [0.05, 0.1) is 45.6 Å². The van der Waals surface area contributed by atoms with E-state index in [1.54, 1.807) is 0 Å². The number of aromatic nitrogens is 3. The molecule has 44 heavy (non-hydrogen) atoms. The largest absolute Gasteiger partial charge is 0.307 e. The number of benzene rings is 5. The molecule has 0 radical (unpaired) electrons. The summed E-state index contributed by atoms with van der Waals surface area (Å²) in [5, 5.41) is 14.5. The lowest BCUT2D eigenvalue weighted by Gasteiger charge is -2.18. The molecule has 0 fully saturated rings. The molecule has 0 bridgehead atoms. The lowest BCUT2D eigenvalue weighted by molar-refractivity contribution is 1.05. The molecule has 0 spiro atoms. The maximum absolute atomic E-state index is 9.56. The molecule has 4 heteroatoms. The van der Waals surface area contributed by atoms with Crippen LogP contribution in [0.2, 0.25) is 0 Å². The number of aryl methyl sites for hydroxylation is 4. The van der Waals surface area contributed by atoms with Crippen LogP contribution >= 0.6 is 0 Å². The van der Waals surface area contributed by atoms with Crippen LogP contribution in [-0.4, -0.2) is 14.1 Å². The Morgan fingerprint density at radius 1 is 0.545 bits per heavy atom. The first kappa shape index (κ1) is 26.0. The van der Waals surface area contributed by atoms with Crippen LogP contribution in [0.25, 0.3) is 66.2 Å². The molecular formula is C40H30N4. The molecule has 0 aliphatic carbocycles. The van der Waals surface area contributed by atoms with Crippen molar-refractivity contribution >= 4 is 43.6 Å². The highest BCUT2D eigenvalue weighted by atomic mass is 15.1. The maximum Gasteiger partial charge on any atom is 0.138 e. The van der Waals surface area contributed by atoms with E-state index in [0.29, 0.717) is 5.56 Å². The zero-order chi connectivity index (χ0) is 30.1. The van der Waals surface area contributed by atoms with Crippen molar-refractivity contribution in [2.45, 2.75) is 27.7 Å². The lowest BCUT2D eigenvalue weighted by Crippen LogP contribution is -2.05. The van der Waals surface area contributed by atoms with Gasteiger partial charge in [-0.1, -0.05) is 84.9 Å². The van der Waals surface area contributed by atoms with Gasteiger partial charge < -0.3 is 4.57 Å². The summed E-state index contributed by atoms with van der Waals surface area (Å²) in [6.45, 7) is 8.71. The summed E-state index contributed by atoms with van der Waals surface area (Å²) < 4.78 is 4.72. The summed E-state index contributed by atoms with van der Waals surface area (Å²) in [6, 6.07) is 38.5. The van der Waals surface area contributed by atoms with Crippen LogP contribution in [0.15, 0.2) is 109 Å². The molecule has 5 aromatic carbocycles. The third-order valence-electron chi connectivity index (χ3n) is 9.09. The van der Waals surface area contributed by atoms with E-state index >= 15 is 0 Å². The normalized spacial score (nSPS) is 11.6. The van der Waals surface area contributed by atoms with E-state index in [2.05, 4.69) is 134 Å². The van der Waals surface area contributed by atoms with Gasteiger partial charge >= 0.3 is 0 Å². The lowest BCUT2D eigenvalue weighted by atomic mass is 10.0. The third kappa shape index (κ3) is 3.66. The van der Waals surface area contributed by atoms with Crippen LogP contribution in [0.4, 0.5) is 0 Å². The van der Waals surface area contributed by atoms with Crippen molar-refractivity contribution in [2.24, 2.45) is 0 Å². The first-order valence-electron chi connectivity index (χ1n) is 15.0. The summed E-state index contributed by atoms with van der Waals surface area (Å²) in [6.07, 6.45) is 2.04. The molecule has 0 unspecified atom stereocenters. The van der Waals surface area contributed by atoms with Gasteiger partial charge in [0.15, 0.2) is 0 Å². The SMILES string of the molecule is Cc1cccc2c3cccc(C)c3n(-c3cc(-c4ccc(C#N)cc4)c(-n4c5c(C)cccc5c5cccc(C)c54)cn3)c12. The molecule has 4 nitrogen and oxygen atoms in total. The summed E-state index contributed by atoms with van der Waals surface area (Å²) >= 11 is 0. The molecule has 0 saturated carbocycles. The van der Waals surface area contributed by atoms with Gasteiger partial charge in [0.2, 0.25) is 0 Å². The average molecular weight is 567 g/mol. The van der Waals surface area contributed by atoms with Crippen LogP contribution in [0.5, 0.6) is 0 Å². The monoisotopic (exact) mass is 566 g/mol. The number of hydrogen-bond acceptors (Lipinski definition) is 2. The topological polar surface area (TPSA) is 46.5 Å². The maximum atomic E-state index is 9.56. The number of fused-ring (bicyclic) bond motifs is 6. The molecule has 8 rings (SSSR count). The molecule has 0 aliphatic rings. The predicted molar refractivity (Wildman–Crippen MR) is 182 cm³/mol. The van der Waals surface area contributed by atoms with Gasteiger partial charge in [-0.05, 0) is 73.7 Å². The van der Waals surface area contributed by atoms with E-state index < -0.39 is 0 Å². The van der Waals surface area contributed by atoms with Crippen LogP contribution < -0.4 is 0 Å². The van der Waals surface area contributed by atoms with Crippen molar-refractivity contribution in [3.05, 3.63) is 137 Å². The molecule has 3 heterocycles. The van der Waals surface area contributed by atoms with Gasteiger partial charge in [-0.2, -0.15) is 5.26 Å². The van der Waals surface area contributed by atoms with Crippen molar-refractivity contribution < 1.29 is 0 Å². The molecule has 0 N–H and O–H groups in total. The Hall–Kier alpha value is -5.66. The molecule has 210 valence electrons. The Balaban J connectivity index is 1.52. The average Bonchev–Trinajstić information content (AvgIpc) is 3.58. The summed E-state index contributed by atoms with van der Waals surface area (Å²) in [5.74, 6) is 0.867. The minimum Gasteiger partial charge on any atom is -0.307 e. The molecule has 0 aliphatic heterocycles. The second-order valence-electron chi connectivity index (χ2n) is 11.8. The number of para-hydroxylation sites is 4. The van der Waals surface area contributed by atoms with Crippen molar-refractivity contribution in [3.8, 4) is 28.7 Å². The van der Waals surface area contributed by atoms with Crippen molar-refractivity contribution in [2.75, 3.05) is 0 Å². The van der Waals surface area contributed by atoms with E-state index in [-0.39, 0.29) is 0 Å². The summed E-state index contributed by atoms with van der Waals surface area (Å²) in [5.41, 5.74) is 13.3. The minimum atomic E-state index is 0.641. The Bertz CT molecular complexity index is 2370. The van der Waals surface area contributed by atoms with Crippen molar-refractivity contribution in [3.63, 3.8) is 0 Å². The van der Waals surface area contributed by atoms with Crippen LogP contribution in [-0.2, 0) is 0 Å². The van der Waals surface area contributed by atoms with Gasteiger partial charge in [-0.15, -0.1) is 0 Å². The molecule has 0 atom stereocenters. The zero-order valence-electron chi connectivity index (χ0n) is 25.2. The summed E-state index contributed by atoms with van der Waals surface area (Å²) in [7, 11) is 0. The van der Waals surface area contributed by atoms with Crippen LogP contribution in [0.3, 0.4) is 0 Å².